The largest absolute Gasteiger partial charge is 0.395 e. The van der Waals surface area contributed by atoms with E-state index in [-0.39, 0.29) is 24.5 Å². The Morgan fingerprint density at radius 3 is 2.92 bits per heavy atom. The van der Waals surface area contributed by atoms with Crippen LogP contribution < -0.4 is 10.6 Å². The monoisotopic (exact) mass is 347 g/mol. The van der Waals surface area contributed by atoms with Crippen molar-refractivity contribution >= 4 is 17.5 Å². The predicted molar refractivity (Wildman–Crippen MR) is 98.6 cm³/mol. The van der Waals surface area contributed by atoms with Crippen molar-refractivity contribution in [3.8, 4) is 0 Å². The van der Waals surface area contributed by atoms with Crippen LogP contribution >= 0.6 is 0 Å². The van der Waals surface area contributed by atoms with Crippen molar-refractivity contribution in [1.29, 1.82) is 0 Å². The molecule has 1 atom stereocenters. The molecule has 1 aliphatic heterocycles. The Kier molecular flexibility index (Phi) is 7.88. The van der Waals surface area contributed by atoms with Crippen LogP contribution in [0.25, 0.3) is 0 Å². The van der Waals surface area contributed by atoms with Crippen molar-refractivity contribution in [2.45, 2.75) is 45.1 Å². The predicted octanol–water partition coefficient (Wildman–Crippen LogP) is 2.00. The molecule has 1 aromatic rings. The third kappa shape index (κ3) is 6.14. The van der Waals surface area contributed by atoms with Gasteiger partial charge in [-0.3, -0.25) is 14.5 Å². The highest BCUT2D eigenvalue weighted by Crippen LogP contribution is 2.16. The number of likely N-dealkylation sites (tertiary alicyclic amines) is 1. The summed E-state index contributed by atoms with van der Waals surface area (Å²) in [5, 5.41) is 15.2. The molecular formula is C19H29N3O3. The quantitative estimate of drug-likeness (QED) is 0.672. The van der Waals surface area contributed by atoms with Crippen molar-refractivity contribution < 1.29 is 14.7 Å². The molecule has 3 N–H and O–H groups in total. The third-order valence-corrected chi connectivity index (χ3v) is 4.53. The SMILES string of the molecule is CCCC(=O)Nc1cccc(C(=O)NCCN2CCCC[C@H]2CO)c1. The molecule has 25 heavy (non-hydrogen) atoms. The van der Waals surface area contributed by atoms with Crippen LogP contribution in [0.3, 0.4) is 0 Å². The van der Waals surface area contributed by atoms with Gasteiger partial charge in [0.15, 0.2) is 0 Å². The van der Waals surface area contributed by atoms with Crippen molar-refractivity contribution in [3.63, 3.8) is 0 Å². The van der Waals surface area contributed by atoms with E-state index in [2.05, 4.69) is 15.5 Å². The molecule has 138 valence electrons. The molecule has 2 rings (SSSR count). The Bertz CT molecular complexity index is 577. The van der Waals surface area contributed by atoms with Gasteiger partial charge in [0.2, 0.25) is 5.91 Å². The summed E-state index contributed by atoms with van der Waals surface area (Å²) in [6.07, 6.45) is 4.58. The van der Waals surface area contributed by atoms with Gasteiger partial charge in [-0.05, 0) is 44.0 Å². The van der Waals surface area contributed by atoms with E-state index >= 15 is 0 Å². The lowest BCUT2D eigenvalue weighted by Crippen LogP contribution is -2.45. The van der Waals surface area contributed by atoms with E-state index in [0.29, 0.717) is 24.2 Å². The van der Waals surface area contributed by atoms with E-state index in [1.165, 1.54) is 0 Å². The number of nitrogens with one attached hydrogen (secondary N) is 2. The first-order chi connectivity index (χ1) is 12.1. The average molecular weight is 347 g/mol. The summed E-state index contributed by atoms with van der Waals surface area (Å²) in [7, 11) is 0. The van der Waals surface area contributed by atoms with Gasteiger partial charge in [0, 0.05) is 36.8 Å². The Balaban J connectivity index is 1.83. The number of nitrogens with zero attached hydrogens (tertiary/aromatic N) is 1. The summed E-state index contributed by atoms with van der Waals surface area (Å²) in [5.74, 6) is -0.190. The van der Waals surface area contributed by atoms with Crippen LogP contribution in [-0.2, 0) is 4.79 Å². The summed E-state index contributed by atoms with van der Waals surface area (Å²) in [6, 6.07) is 7.19. The molecule has 1 heterocycles. The average Bonchev–Trinajstić information content (AvgIpc) is 2.62. The number of carbonyl (C=O) groups is 2. The second-order valence-electron chi connectivity index (χ2n) is 6.50. The molecule has 0 unspecified atom stereocenters. The molecule has 6 nitrogen and oxygen atoms in total. The highest BCUT2D eigenvalue weighted by Gasteiger charge is 2.21. The number of hydrogen-bond donors (Lipinski definition) is 3. The summed E-state index contributed by atoms with van der Waals surface area (Å²) in [4.78, 5) is 26.2. The number of aliphatic hydroxyl groups is 1. The number of carbonyl (C=O) groups excluding carboxylic acids is 2. The number of amides is 2. The maximum Gasteiger partial charge on any atom is 0.251 e. The van der Waals surface area contributed by atoms with Gasteiger partial charge in [0.25, 0.3) is 5.91 Å². The number of anilines is 1. The van der Waals surface area contributed by atoms with Gasteiger partial charge in [0.1, 0.15) is 0 Å². The maximum atomic E-state index is 12.3. The van der Waals surface area contributed by atoms with Crippen molar-refractivity contribution in [2.75, 3.05) is 31.6 Å². The number of rotatable bonds is 8. The molecule has 6 heteroatoms. The molecule has 1 aromatic carbocycles. The zero-order valence-electron chi connectivity index (χ0n) is 15.0. The Morgan fingerprint density at radius 2 is 2.16 bits per heavy atom. The normalized spacial score (nSPS) is 17.9. The fourth-order valence-electron chi connectivity index (χ4n) is 3.16. The van der Waals surface area contributed by atoms with Crippen LogP contribution in [0.15, 0.2) is 24.3 Å². The lowest BCUT2D eigenvalue weighted by molar-refractivity contribution is -0.116. The van der Waals surface area contributed by atoms with E-state index in [1.807, 2.05) is 6.92 Å². The van der Waals surface area contributed by atoms with Crippen molar-refractivity contribution in [2.24, 2.45) is 0 Å². The minimum atomic E-state index is -0.149. The molecule has 2 amide bonds. The van der Waals surface area contributed by atoms with Crippen LogP contribution in [0.4, 0.5) is 5.69 Å². The van der Waals surface area contributed by atoms with E-state index in [9.17, 15) is 14.7 Å². The fraction of sp³-hybridized carbons (Fsp3) is 0.579. The van der Waals surface area contributed by atoms with Gasteiger partial charge in [-0.25, -0.2) is 0 Å². The molecule has 1 fully saturated rings. The smallest absolute Gasteiger partial charge is 0.251 e. The van der Waals surface area contributed by atoms with Gasteiger partial charge in [0.05, 0.1) is 6.61 Å². The van der Waals surface area contributed by atoms with E-state index in [1.54, 1.807) is 24.3 Å². The first-order valence-corrected chi connectivity index (χ1v) is 9.17. The lowest BCUT2D eigenvalue weighted by atomic mass is 10.0. The van der Waals surface area contributed by atoms with Crippen molar-refractivity contribution in [3.05, 3.63) is 29.8 Å². The van der Waals surface area contributed by atoms with Gasteiger partial charge >= 0.3 is 0 Å². The molecule has 0 bridgehead atoms. The fourth-order valence-corrected chi connectivity index (χ4v) is 3.16. The molecule has 0 saturated carbocycles. The summed E-state index contributed by atoms with van der Waals surface area (Å²) < 4.78 is 0. The molecule has 1 aliphatic rings. The molecule has 0 aliphatic carbocycles. The molecule has 0 radical (unpaired) electrons. The molecule has 1 saturated heterocycles. The lowest BCUT2D eigenvalue weighted by Gasteiger charge is -2.34. The first-order valence-electron chi connectivity index (χ1n) is 9.17. The number of aliphatic hydroxyl groups excluding tert-OH is 1. The van der Waals surface area contributed by atoms with Crippen molar-refractivity contribution in [1.82, 2.24) is 10.2 Å². The first kappa shape index (κ1) is 19.4. The van der Waals surface area contributed by atoms with Gasteiger partial charge in [-0.15, -0.1) is 0 Å². The molecular weight excluding hydrogens is 318 g/mol. The molecule has 0 aromatic heterocycles. The topological polar surface area (TPSA) is 81.7 Å². The van der Waals surface area contributed by atoms with Gasteiger partial charge < -0.3 is 15.7 Å². The standard InChI is InChI=1S/C19H29N3O3/c1-2-6-18(24)21-16-8-5-7-15(13-16)19(25)20-10-12-22-11-4-3-9-17(22)14-23/h5,7-8,13,17,23H,2-4,6,9-12,14H2,1H3,(H,20,25)(H,21,24)/t17-/m0/s1. The number of benzene rings is 1. The van der Waals surface area contributed by atoms with Crippen LogP contribution in [-0.4, -0.2) is 54.1 Å². The van der Waals surface area contributed by atoms with Gasteiger partial charge in [-0.1, -0.05) is 19.4 Å². The maximum absolute atomic E-state index is 12.3. The van der Waals surface area contributed by atoms with E-state index in [0.717, 1.165) is 38.8 Å². The number of piperidine rings is 1. The third-order valence-electron chi connectivity index (χ3n) is 4.53. The van der Waals surface area contributed by atoms with Crippen LogP contribution in [0, 0.1) is 0 Å². The summed E-state index contributed by atoms with van der Waals surface area (Å²) in [6.45, 7) is 4.38. The van der Waals surface area contributed by atoms with E-state index in [4.69, 9.17) is 0 Å². The Morgan fingerprint density at radius 1 is 1.32 bits per heavy atom. The highest BCUT2D eigenvalue weighted by molar-refractivity contribution is 5.97. The van der Waals surface area contributed by atoms with Gasteiger partial charge in [-0.2, -0.15) is 0 Å². The second-order valence-corrected chi connectivity index (χ2v) is 6.50. The zero-order valence-corrected chi connectivity index (χ0v) is 15.0. The van der Waals surface area contributed by atoms with Crippen LogP contribution in [0.5, 0.6) is 0 Å². The van der Waals surface area contributed by atoms with E-state index < -0.39 is 0 Å². The summed E-state index contributed by atoms with van der Waals surface area (Å²) >= 11 is 0. The summed E-state index contributed by atoms with van der Waals surface area (Å²) in [5.41, 5.74) is 1.18. The minimum Gasteiger partial charge on any atom is -0.395 e. The zero-order chi connectivity index (χ0) is 18.1. The minimum absolute atomic E-state index is 0.0415. The Hall–Kier alpha value is -1.92. The molecule has 0 spiro atoms. The van der Waals surface area contributed by atoms with Crippen LogP contribution in [0.1, 0.15) is 49.4 Å². The Labute approximate surface area is 149 Å². The second kappa shape index (κ2) is 10.2. The number of hydrogen-bond acceptors (Lipinski definition) is 4. The highest BCUT2D eigenvalue weighted by atomic mass is 16.3. The van der Waals surface area contributed by atoms with Crippen LogP contribution in [0.2, 0.25) is 0 Å².